The van der Waals surface area contributed by atoms with Gasteiger partial charge in [-0.15, -0.1) is 0 Å². The minimum absolute atomic E-state index is 0.260. The smallest absolute Gasteiger partial charge is 0.315 e. The molecule has 2 fully saturated rings. The number of halogens is 1. The van der Waals surface area contributed by atoms with E-state index in [9.17, 15) is 4.79 Å². The number of fused-ring (bicyclic) bond motifs is 3. The first-order chi connectivity index (χ1) is 13.6. The highest BCUT2D eigenvalue weighted by atomic mass is 35.5. The van der Waals surface area contributed by atoms with Crippen molar-refractivity contribution in [2.45, 2.75) is 25.0 Å². The highest BCUT2D eigenvalue weighted by Gasteiger charge is 2.44. The third-order valence-corrected chi connectivity index (χ3v) is 6.91. The number of aromatic nitrogens is 1. The summed E-state index contributed by atoms with van der Waals surface area (Å²) in [5.41, 5.74) is 7.50. The van der Waals surface area contributed by atoms with Crippen molar-refractivity contribution in [1.82, 2.24) is 14.8 Å². The minimum atomic E-state index is -0.301. The molecule has 0 spiro atoms. The number of urea groups is 1. The Bertz CT molecular complexity index is 1040. The number of hydrogen-bond donors (Lipinski definition) is 1. The maximum absolute atomic E-state index is 11.4. The Morgan fingerprint density at radius 1 is 1.21 bits per heavy atom. The Kier molecular flexibility index (Phi) is 4.38. The number of benzene rings is 2. The summed E-state index contributed by atoms with van der Waals surface area (Å²) in [6, 6.07) is 14.1. The molecular weight excluding hydrogens is 396 g/mol. The zero-order valence-corrected chi connectivity index (χ0v) is 16.6. The molecule has 6 nitrogen and oxygen atoms in total. The lowest BCUT2D eigenvalue weighted by atomic mass is 10.2. The SMILES string of the molecule is NC(=O)N1CC2C[C@@H]1CN2Cc1ccc(Oc2nc3cccc(Cl)c3s2)cc1. The van der Waals surface area contributed by atoms with Crippen molar-refractivity contribution >= 4 is 39.2 Å². The normalized spacial score (nSPS) is 21.5. The van der Waals surface area contributed by atoms with E-state index in [0.717, 1.165) is 42.0 Å². The first-order valence-corrected chi connectivity index (χ1v) is 10.4. The molecule has 28 heavy (non-hydrogen) atoms. The number of carbonyl (C=O) groups excluding carboxylic acids is 1. The van der Waals surface area contributed by atoms with E-state index in [1.165, 1.54) is 16.9 Å². The third-order valence-electron chi connectivity index (χ3n) is 5.50. The van der Waals surface area contributed by atoms with Crippen LogP contribution in [0.4, 0.5) is 4.79 Å². The van der Waals surface area contributed by atoms with Crippen LogP contribution < -0.4 is 10.5 Å². The van der Waals surface area contributed by atoms with Gasteiger partial charge >= 0.3 is 6.03 Å². The van der Waals surface area contributed by atoms with Crippen LogP contribution in [0.25, 0.3) is 10.2 Å². The van der Waals surface area contributed by atoms with Gasteiger partial charge in [-0.2, -0.15) is 0 Å². The quantitative estimate of drug-likeness (QED) is 0.698. The van der Waals surface area contributed by atoms with Crippen molar-refractivity contribution in [3.63, 3.8) is 0 Å². The molecule has 0 radical (unpaired) electrons. The second-order valence-electron chi connectivity index (χ2n) is 7.28. The Labute approximate surface area is 171 Å². The zero-order valence-electron chi connectivity index (χ0n) is 15.0. The second-order valence-corrected chi connectivity index (χ2v) is 8.65. The molecule has 144 valence electrons. The lowest BCUT2D eigenvalue weighted by Crippen LogP contribution is -2.50. The van der Waals surface area contributed by atoms with Crippen molar-refractivity contribution in [3.05, 3.63) is 53.1 Å². The van der Waals surface area contributed by atoms with Crippen molar-refractivity contribution < 1.29 is 9.53 Å². The van der Waals surface area contributed by atoms with Crippen molar-refractivity contribution in [2.24, 2.45) is 5.73 Å². The summed E-state index contributed by atoms with van der Waals surface area (Å²) in [4.78, 5) is 20.1. The summed E-state index contributed by atoms with van der Waals surface area (Å²) in [6.07, 6.45) is 1.02. The Morgan fingerprint density at radius 3 is 2.71 bits per heavy atom. The molecule has 2 bridgehead atoms. The molecule has 2 aliphatic heterocycles. The van der Waals surface area contributed by atoms with Crippen molar-refractivity contribution in [2.75, 3.05) is 13.1 Å². The number of nitrogens with zero attached hydrogens (tertiary/aromatic N) is 3. The van der Waals surface area contributed by atoms with Gasteiger partial charge in [0, 0.05) is 31.7 Å². The van der Waals surface area contributed by atoms with Crippen LogP contribution >= 0.6 is 22.9 Å². The summed E-state index contributed by atoms with van der Waals surface area (Å²) in [6.45, 7) is 2.49. The van der Waals surface area contributed by atoms with Gasteiger partial charge in [0.1, 0.15) is 5.75 Å². The standard InChI is InChI=1S/C20H19ClN4O2S/c21-16-2-1-3-17-18(16)28-20(23-17)27-15-6-4-12(5-7-15)9-24-10-14-8-13(24)11-25(14)19(22)26/h1-7,13-14H,8-11H2,(H2,22,26)/t13?,14-/m1/s1. The molecule has 2 atom stereocenters. The van der Waals surface area contributed by atoms with E-state index in [4.69, 9.17) is 22.1 Å². The van der Waals surface area contributed by atoms with Gasteiger partial charge in [0.15, 0.2) is 0 Å². The number of piperazine rings is 1. The fourth-order valence-corrected chi connectivity index (χ4v) is 5.28. The van der Waals surface area contributed by atoms with Gasteiger partial charge in [0.05, 0.1) is 15.2 Å². The topological polar surface area (TPSA) is 71.7 Å². The van der Waals surface area contributed by atoms with Gasteiger partial charge in [-0.25, -0.2) is 9.78 Å². The van der Waals surface area contributed by atoms with E-state index < -0.39 is 0 Å². The molecule has 1 aromatic heterocycles. The number of likely N-dealkylation sites (tertiary alicyclic amines) is 2. The monoisotopic (exact) mass is 414 g/mol. The molecule has 0 saturated carbocycles. The van der Waals surface area contributed by atoms with E-state index in [1.807, 2.05) is 30.3 Å². The van der Waals surface area contributed by atoms with E-state index in [0.29, 0.717) is 16.3 Å². The van der Waals surface area contributed by atoms with Crippen LogP contribution in [0.3, 0.4) is 0 Å². The molecule has 2 aromatic carbocycles. The Hall–Kier alpha value is -2.35. The third kappa shape index (κ3) is 3.19. The summed E-state index contributed by atoms with van der Waals surface area (Å²) in [5.74, 6) is 0.752. The molecule has 8 heteroatoms. The van der Waals surface area contributed by atoms with Gasteiger partial charge in [0.25, 0.3) is 5.19 Å². The van der Waals surface area contributed by atoms with Crippen molar-refractivity contribution in [1.29, 1.82) is 0 Å². The lowest BCUT2D eigenvalue weighted by Gasteiger charge is -2.33. The van der Waals surface area contributed by atoms with Crippen LogP contribution in [0, 0.1) is 0 Å². The Balaban J connectivity index is 1.24. The minimum Gasteiger partial charge on any atom is -0.431 e. The average Bonchev–Trinajstić information content (AvgIpc) is 3.37. The first-order valence-electron chi connectivity index (χ1n) is 9.19. The number of nitrogens with two attached hydrogens (primary N) is 1. The van der Waals surface area contributed by atoms with E-state index in [2.05, 4.69) is 22.0 Å². The highest BCUT2D eigenvalue weighted by molar-refractivity contribution is 7.20. The predicted molar refractivity (Wildman–Crippen MR) is 110 cm³/mol. The highest BCUT2D eigenvalue weighted by Crippen LogP contribution is 2.36. The number of carbonyl (C=O) groups is 1. The van der Waals surface area contributed by atoms with E-state index in [1.54, 1.807) is 4.90 Å². The van der Waals surface area contributed by atoms with Gasteiger partial charge in [-0.3, -0.25) is 4.90 Å². The molecule has 1 unspecified atom stereocenters. The van der Waals surface area contributed by atoms with Gasteiger partial charge in [-0.1, -0.05) is 41.1 Å². The van der Waals surface area contributed by atoms with Crippen LogP contribution in [-0.2, 0) is 6.54 Å². The zero-order chi connectivity index (χ0) is 19.3. The molecule has 5 rings (SSSR count). The van der Waals surface area contributed by atoms with Gasteiger partial charge < -0.3 is 15.4 Å². The second kappa shape index (κ2) is 6.92. The van der Waals surface area contributed by atoms with Crippen LogP contribution in [0.1, 0.15) is 12.0 Å². The van der Waals surface area contributed by atoms with E-state index >= 15 is 0 Å². The average molecular weight is 415 g/mol. The first kappa shape index (κ1) is 17.7. The fraction of sp³-hybridized carbons (Fsp3) is 0.300. The molecule has 2 aliphatic rings. The predicted octanol–water partition coefficient (Wildman–Crippen LogP) is 4.08. The summed E-state index contributed by atoms with van der Waals surface area (Å²) < 4.78 is 6.85. The molecule has 2 amide bonds. The summed E-state index contributed by atoms with van der Waals surface area (Å²) >= 11 is 7.65. The molecule has 2 saturated heterocycles. The number of ether oxygens (including phenoxy) is 1. The van der Waals surface area contributed by atoms with Gasteiger partial charge in [0.2, 0.25) is 0 Å². The maximum Gasteiger partial charge on any atom is 0.315 e. The van der Waals surface area contributed by atoms with Crippen LogP contribution in [0.2, 0.25) is 5.02 Å². The molecular formula is C20H19ClN4O2S. The summed E-state index contributed by atoms with van der Waals surface area (Å²) in [5, 5.41) is 1.27. The number of hydrogen-bond acceptors (Lipinski definition) is 5. The van der Waals surface area contributed by atoms with Crippen LogP contribution in [-0.4, -0.2) is 46.0 Å². The van der Waals surface area contributed by atoms with Crippen LogP contribution in [0.15, 0.2) is 42.5 Å². The number of thiazole rings is 1. The van der Waals surface area contributed by atoms with Crippen molar-refractivity contribution in [3.8, 4) is 10.9 Å². The number of amides is 2. The largest absolute Gasteiger partial charge is 0.431 e. The lowest BCUT2D eigenvalue weighted by molar-refractivity contribution is 0.137. The molecule has 3 aromatic rings. The maximum atomic E-state index is 11.4. The molecule has 0 aliphatic carbocycles. The molecule has 2 N–H and O–H groups in total. The van der Waals surface area contributed by atoms with Gasteiger partial charge in [-0.05, 0) is 36.2 Å². The number of rotatable bonds is 4. The molecule has 3 heterocycles. The number of primary amides is 1. The van der Waals surface area contributed by atoms with E-state index in [-0.39, 0.29) is 12.1 Å². The van der Waals surface area contributed by atoms with Crippen LogP contribution in [0.5, 0.6) is 10.9 Å². The Morgan fingerprint density at radius 2 is 2.04 bits per heavy atom. The summed E-state index contributed by atoms with van der Waals surface area (Å²) in [7, 11) is 0. The fourth-order valence-electron chi connectivity index (χ4n) is 4.15.